The number of benzene rings is 1. The topological polar surface area (TPSA) is 96.4 Å². The first kappa shape index (κ1) is 17.0. The predicted molar refractivity (Wildman–Crippen MR) is 87.4 cm³/mol. The van der Waals surface area contributed by atoms with Gasteiger partial charge in [0.25, 0.3) is 0 Å². The molecule has 2 rings (SSSR count). The van der Waals surface area contributed by atoms with Gasteiger partial charge in [0.2, 0.25) is 0 Å². The molecule has 6 nitrogen and oxygen atoms in total. The van der Waals surface area contributed by atoms with E-state index in [1.54, 1.807) is 43.3 Å². The van der Waals surface area contributed by atoms with Gasteiger partial charge in [-0.05, 0) is 36.8 Å². The summed E-state index contributed by atoms with van der Waals surface area (Å²) in [6.45, 7) is 3.49. The van der Waals surface area contributed by atoms with Gasteiger partial charge in [0.15, 0.2) is 15.5 Å². The average molecular weight is 334 g/mol. The third kappa shape index (κ3) is 4.07. The van der Waals surface area contributed by atoms with E-state index in [2.05, 4.69) is 10.3 Å². The Balaban J connectivity index is 2.16. The molecule has 1 aromatic carbocycles. The first-order chi connectivity index (χ1) is 10.8. The lowest BCUT2D eigenvalue weighted by Crippen LogP contribution is -2.10. The number of hydrogen-bond acceptors (Lipinski definition) is 5. The van der Waals surface area contributed by atoms with Crippen LogP contribution < -0.4 is 5.32 Å². The standard InChI is InChI=1S/C16H18N2O4S/c1-3-23(21,22)13-9-7-12(8-10-13)11(2)17-15-6-4-5-14(18-15)16(19)20/h4-11H,3H2,1-2H3,(H,17,18)(H,19,20). The molecule has 0 saturated heterocycles. The van der Waals surface area contributed by atoms with Crippen LogP contribution in [-0.4, -0.2) is 30.2 Å². The van der Waals surface area contributed by atoms with Crippen molar-refractivity contribution in [3.8, 4) is 0 Å². The van der Waals surface area contributed by atoms with Crippen LogP contribution in [0, 0.1) is 0 Å². The average Bonchev–Trinajstić information content (AvgIpc) is 2.55. The highest BCUT2D eigenvalue weighted by molar-refractivity contribution is 7.91. The number of sulfone groups is 1. The summed E-state index contributed by atoms with van der Waals surface area (Å²) >= 11 is 0. The van der Waals surface area contributed by atoms with Crippen molar-refractivity contribution < 1.29 is 18.3 Å². The molecule has 0 spiro atoms. The van der Waals surface area contributed by atoms with Gasteiger partial charge < -0.3 is 10.4 Å². The van der Waals surface area contributed by atoms with E-state index < -0.39 is 15.8 Å². The van der Waals surface area contributed by atoms with E-state index in [-0.39, 0.29) is 17.5 Å². The van der Waals surface area contributed by atoms with Gasteiger partial charge in [-0.2, -0.15) is 0 Å². The molecule has 0 radical (unpaired) electrons. The molecule has 122 valence electrons. The Labute approximate surface area is 135 Å². The Bertz CT molecular complexity index is 801. The number of nitrogens with one attached hydrogen (secondary N) is 1. The molecule has 2 N–H and O–H groups in total. The van der Waals surface area contributed by atoms with E-state index in [0.717, 1.165) is 5.56 Å². The summed E-state index contributed by atoms with van der Waals surface area (Å²) in [5, 5.41) is 12.0. The first-order valence-electron chi connectivity index (χ1n) is 7.13. The summed E-state index contributed by atoms with van der Waals surface area (Å²) in [5.41, 5.74) is 0.842. The maximum Gasteiger partial charge on any atom is 0.354 e. The summed E-state index contributed by atoms with van der Waals surface area (Å²) in [4.78, 5) is 15.2. The number of aromatic nitrogens is 1. The van der Waals surface area contributed by atoms with Crippen LogP contribution in [0.15, 0.2) is 47.4 Å². The highest BCUT2D eigenvalue weighted by Crippen LogP contribution is 2.20. The SMILES string of the molecule is CCS(=O)(=O)c1ccc(C(C)Nc2cccc(C(=O)O)n2)cc1. The number of pyridine rings is 1. The van der Waals surface area contributed by atoms with Crippen LogP contribution >= 0.6 is 0 Å². The molecule has 0 amide bonds. The molecule has 2 aromatic rings. The number of hydrogen-bond donors (Lipinski definition) is 2. The molecular weight excluding hydrogens is 316 g/mol. The Kier molecular flexibility index (Phi) is 5.00. The van der Waals surface area contributed by atoms with Crippen LogP contribution in [0.5, 0.6) is 0 Å². The number of rotatable bonds is 6. The van der Waals surface area contributed by atoms with E-state index in [1.807, 2.05) is 6.92 Å². The van der Waals surface area contributed by atoms with Crippen LogP contribution in [0.1, 0.15) is 35.9 Å². The lowest BCUT2D eigenvalue weighted by molar-refractivity contribution is 0.0690. The number of carboxylic acids is 1. The molecule has 0 saturated carbocycles. The van der Waals surface area contributed by atoms with Crippen LogP contribution in [0.2, 0.25) is 0 Å². The zero-order valence-corrected chi connectivity index (χ0v) is 13.7. The summed E-state index contributed by atoms with van der Waals surface area (Å²) in [6.07, 6.45) is 0. The molecule has 0 fully saturated rings. The van der Waals surface area contributed by atoms with Crippen molar-refractivity contribution in [3.05, 3.63) is 53.7 Å². The van der Waals surface area contributed by atoms with Gasteiger partial charge in [-0.3, -0.25) is 0 Å². The first-order valence-corrected chi connectivity index (χ1v) is 8.78. The van der Waals surface area contributed by atoms with Gasteiger partial charge in [0, 0.05) is 6.04 Å². The van der Waals surface area contributed by atoms with Gasteiger partial charge in [-0.15, -0.1) is 0 Å². The Morgan fingerprint density at radius 1 is 1.22 bits per heavy atom. The van der Waals surface area contributed by atoms with Crippen molar-refractivity contribution in [2.75, 3.05) is 11.1 Å². The van der Waals surface area contributed by atoms with Crippen LogP contribution in [0.4, 0.5) is 5.82 Å². The summed E-state index contributed by atoms with van der Waals surface area (Å²) < 4.78 is 23.6. The predicted octanol–water partition coefficient (Wildman–Crippen LogP) is 2.75. The fourth-order valence-corrected chi connectivity index (χ4v) is 2.95. The minimum absolute atomic E-state index is 0.0356. The van der Waals surface area contributed by atoms with Crippen LogP contribution in [0.25, 0.3) is 0 Å². The van der Waals surface area contributed by atoms with Gasteiger partial charge in [0.1, 0.15) is 5.82 Å². The van der Waals surface area contributed by atoms with Gasteiger partial charge in [-0.25, -0.2) is 18.2 Å². The minimum atomic E-state index is -3.21. The van der Waals surface area contributed by atoms with Gasteiger partial charge >= 0.3 is 5.97 Å². The molecule has 1 unspecified atom stereocenters. The quantitative estimate of drug-likeness (QED) is 0.843. The second-order valence-electron chi connectivity index (χ2n) is 5.05. The highest BCUT2D eigenvalue weighted by Gasteiger charge is 2.13. The van der Waals surface area contributed by atoms with Gasteiger partial charge in [0.05, 0.1) is 10.6 Å². The fraction of sp³-hybridized carbons (Fsp3) is 0.250. The molecule has 0 aliphatic carbocycles. The molecule has 1 heterocycles. The third-order valence-corrected chi connectivity index (χ3v) is 5.20. The second kappa shape index (κ2) is 6.78. The lowest BCUT2D eigenvalue weighted by Gasteiger charge is -2.15. The Morgan fingerprint density at radius 2 is 1.87 bits per heavy atom. The summed E-state index contributed by atoms with van der Waals surface area (Å²) in [5.74, 6) is -0.579. The summed E-state index contributed by atoms with van der Waals surface area (Å²) in [6, 6.07) is 11.2. The fourth-order valence-electron chi connectivity index (χ4n) is 2.07. The molecular formula is C16H18N2O4S. The van der Waals surface area contributed by atoms with Crippen molar-refractivity contribution in [1.82, 2.24) is 4.98 Å². The monoisotopic (exact) mass is 334 g/mol. The second-order valence-corrected chi connectivity index (χ2v) is 7.33. The largest absolute Gasteiger partial charge is 0.477 e. The van der Waals surface area contributed by atoms with E-state index in [9.17, 15) is 13.2 Å². The van der Waals surface area contributed by atoms with E-state index in [4.69, 9.17) is 5.11 Å². The number of aromatic carboxylic acids is 1. The molecule has 7 heteroatoms. The minimum Gasteiger partial charge on any atom is -0.477 e. The highest BCUT2D eigenvalue weighted by atomic mass is 32.2. The van der Waals surface area contributed by atoms with Crippen molar-refractivity contribution >= 4 is 21.6 Å². The Hall–Kier alpha value is -2.41. The number of carbonyl (C=O) groups is 1. The van der Waals surface area contributed by atoms with E-state index in [1.165, 1.54) is 6.07 Å². The van der Waals surface area contributed by atoms with Gasteiger partial charge in [-0.1, -0.05) is 25.1 Å². The molecule has 0 aliphatic heterocycles. The Morgan fingerprint density at radius 3 is 2.43 bits per heavy atom. The number of carboxylic acid groups (broad SMARTS) is 1. The van der Waals surface area contributed by atoms with Crippen molar-refractivity contribution in [3.63, 3.8) is 0 Å². The molecule has 0 aliphatic rings. The summed E-state index contributed by atoms with van der Waals surface area (Å²) in [7, 11) is -3.21. The number of anilines is 1. The molecule has 0 bridgehead atoms. The van der Waals surface area contributed by atoms with Crippen LogP contribution in [0.3, 0.4) is 0 Å². The van der Waals surface area contributed by atoms with Crippen molar-refractivity contribution in [2.45, 2.75) is 24.8 Å². The van der Waals surface area contributed by atoms with Crippen molar-refractivity contribution in [1.29, 1.82) is 0 Å². The van der Waals surface area contributed by atoms with Crippen LogP contribution in [-0.2, 0) is 9.84 Å². The zero-order chi connectivity index (χ0) is 17.0. The molecule has 1 atom stereocenters. The smallest absolute Gasteiger partial charge is 0.354 e. The molecule has 1 aromatic heterocycles. The zero-order valence-electron chi connectivity index (χ0n) is 12.9. The number of nitrogens with zero attached hydrogens (tertiary/aromatic N) is 1. The third-order valence-electron chi connectivity index (χ3n) is 3.45. The van der Waals surface area contributed by atoms with E-state index in [0.29, 0.717) is 10.7 Å². The van der Waals surface area contributed by atoms with Crippen molar-refractivity contribution in [2.24, 2.45) is 0 Å². The maximum absolute atomic E-state index is 11.8. The lowest BCUT2D eigenvalue weighted by atomic mass is 10.1. The van der Waals surface area contributed by atoms with E-state index >= 15 is 0 Å². The maximum atomic E-state index is 11.8. The normalized spacial score (nSPS) is 12.6. The molecule has 23 heavy (non-hydrogen) atoms.